The molecule has 0 heterocycles. The average molecular weight is 290 g/mol. The Labute approximate surface area is 117 Å². The van der Waals surface area contributed by atoms with Gasteiger partial charge in [-0.1, -0.05) is 23.2 Å². The van der Waals surface area contributed by atoms with Gasteiger partial charge in [0, 0.05) is 30.3 Å². The number of phenols is 1. The van der Waals surface area contributed by atoms with E-state index in [1.54, 1.807) is 13.2 Å². The molecule has 1 aromatic carbocycles. The standard InChI is InChI=1S/C13H17Cl2NO2/c1-18-12-4-2-3-11(12)16-7-8-5-9(14)6-10(15)13(8)17/h5-6,11-12,16-17H,2-4,7H2,1H3. The van der Waals surface area contributed by atoms with E-state index in [1.165, 1.54) is 12.5 Å². The molecule has 2 atom stereocenters. The third kappa shape index (κ3) is 3.09. The van der Waals surface area contributed by atoms with Crippen LogP contribution in [0, 0.1) is 0 Å². The van der Waals surface area contributed by atoms with Gasteiger partial charge >= 0.3 is 0 Å². The first-order chi connectivity index (χ1) is 8.61. The molecular formula is C13H17Cl2NO2. The number of rotatable bonds is 4. The predicted octanol–water partition coefficient (Wildman–Crippen LogP) is 3.36. The van der Waals surface area contributed by atoms with E-state index in [0.717, 1.165) is 12.8 Å². The lowest BCUT2D eigenvalue weighted by Crippen LogP contribution is -2.36. The summed E-state index contributed by atoms with van der Waals surface area (Å²) in [6, 6.07) is 3.59. The maximum absolute atomic E-state index is 9.86. The molecule has 1 aliphatic rings. The summed E-state index contributed by atoms with van der Waals surface area (Å²) in [7, 11) is 1.73. The van der Waals surface area contributed by atoms with Crippen molar-refractivity contribution in [3.8, 4) is 5.75 Å². The van der Waals surface area contributed by atoms with Gasteiger partial charge in [0.25, 0.3) is 0 Å². The number of aromatic hydroxyl groups is 1. The predicted molar refractivity (Wildman–Crippen MR) is 73.4 cm³/mol. The SMILES string of the molecule is COC1CCCC1NCc1cc(Cl)cc(Cl)c1O. The summed E-state index contributed by atoms with van der Waals surface area (Å²) in [6.07, 6.45) is 3.59. The number of ether oxygens (including phenoxy) is 1. The van der Waals surface area contributed by atoms with Crippen LogP contribution in [0.25, 0.3) is 0 Å². The third-order valence-electron chi connectivity index (χ3n) is 3.42. The van der Waals surface area contributed by atoms with Crippen LogP contribution in [0.15, 0.2) is 12.1 Å². The monoisotopic (exact) mass is 289 g/mol. The number of nitrogens with one attached hydrogen (secondary N) is 1. The van der Waals surface area contributed by atoms with Crippen molar-refractivity contribution in [2.75, 3.05) is 7.11 Å². The summed E-state index contributed by atoms with van der Waals surface area (Å²) in [5, 5.41) is 14.1. The van der Waals surface area contributed by atoms with Crippen LogP contribution in [0.4, 0.5) is 0 Å². The van der Waals surface area contributed by atoms with Crippen LogP contribution in [0.1, 0.15) is 24.8 Å². The van der Waals surface area contributed by atoms with E-state index >= 15 is 0 Å². The number of hydrogen-bond acceptors (Lipinski definition) is 3. The number of benzene rings is 1. The Kier molecular flexibility index (Phi) is 4.73. The van der Waals surface area contributed by atoms with E-state index in [0.29, 0.717) is 23.2 Å². The van der Waals surface area contributed by atoms with Crippen LogP contribution in [-0.4, -0.2) is 24.4 Å². The lowest BCUT2D eigenvalue weighted by Gasteiger charge is -2.20. The molecule has 0 aliphatic heterocycles. The number of hydrogen-bond donors (Lipinski definition) is 2. The number of methoxy groups -OCH3 is 1. The topological polar surface area (TPSA) is 41.5 Å². The van der Waals surface area contributed by atoms with E-state index in [-0.39, 0.29) is 16.9 Å². The fraction of sp³-hybridized carbons (Fsp3) is 0.538. The van der Waals surface area contributed by atoms with Gasteiger partial charge in [0.1, 0.15) is 5.75 Å². The van der Waals surface area contributed by atoms with Gasteiger partial charge in [-0.2, -0.15) is 0 Å². The quantitative estimate of drug-likeness (QED) is 0.893. The van der Waals surface area contributed by atoms with Crippen LogP contribution in [0.2, 0.25) is 10.0 Å². The minimum Gasteiger partial charge on any atom is -0.506 e. The van der Waals surface area contributed by atoms with Crippen molar-refractivity contribution in [3.05, 3.63) is 27.7 Å². The van der Waals surface area contributed by atoms with Gasteiger partial charge in [-0.05, 0) is 31.4 Å². The zero-order valence-corrected chi connectivity index (χ0v) is 11.8. The zero-order valence-electron chi connectivity index (χ0n) is 10.2. The van der Waals surface area contributed by atoms with Gasteiger partial charge in [0.05, 0.1) is 11.1 Å². The molecule has 1 saturated carbocycles. The molecule has 0 spiro atoms. The van der Waals surface area contributed by atoms with Crippen molar-refractivity contribution in [2.45, 2.75) is 38.0 Å². The van der Waals surface area contributed by atoms with E-state index in [4.69, 9.17) is 27.9 Å². The minimum atomic E-state index is 0.0977. The molecule has 1 fully saturated rings. The summed E-state index contributed by atoms with van der Waals surface area (Å²) >= 11 is 11.8. The van der Waals surface area contributed by atoms with Crippen molar-refractivity contribution >= 4 is 23.2 Å². The largest absolute Gasteiger partial charge is 0.506 e. The molecule has 100 valence electrons. The fourth-order valence-electron chi connectivity index (χ4n) is 2.44. The molecule has 0 aromatic heterocycles. The summed E-state index contributed by atoms with van der Waals surface area (Å²) < 4.78 is 5.41. The van der Waals surface area contributed by atoms with E-state index < -0.39 is 0 Å². The molecule has 0 amide bonds. The second kappa shape index (κ2) is 6.11. The van der Waals surface area contributed by atoms with Crippen LogP contribution < -0.4 is 5.32 Å². The maximum atomic E-state index is 9.86. The Hall–Kier alpha value is -0.480. The molecule has 18 heavy (non-hydrogen) atoms. The molecule has 2 N–H and O–H groups in total. The van der Waals surface area contributed by atoms with Crippen molar-refractivity contribution in [1.29, 1.82) is 0 Å². The lowest BCUT2D eigenvalue weighted by molar-refractivity contribution is 0.0846. The first-order valence-electron chi connectivity index (χ1n) is 6.05. The number of phenolic OH excluding ortho intramolecular Hbond substituents is 1. The molecule has 0 bridgehead atoms. The maximum Gasteiger partial charge on any atom is 0.138 e. The van der Waals surface area contributed by atoms with Gasteiger partial charge in [0.2, 0.25) is 0 Å². The Morgan fingerprint density at radius 1 is 1.39 bits per heavy atom. The Morgan fingerprint density at radius 2 is 2.17 bits per heavy atom. The third-order valence-corrected chi connectivity index (χ3v) is 3.92. The molecule has 0 saturated heterocycles. The highest BCUT2D eigenvalue weighted by molar-refractivity contribution is 6.35. The molecule has 5 heteroatoms. The minimum absolute atomic E-state index is 0.0977. The lowest BCUT2D eigenvalue weighted by atomic mass is 10.1. The van der Waals surface area contributed by atoms with Crippen LogP contribution >= 0.6 is 23.2 Å². The number of halogens is 2. The molecular weight excluding hydrogens is 273 g/mol. The van der Waals surface area contributed by atoms with E-state index in [9.17, 15) is 5.11 Å². The van der Waals surface area contributed by atoms with Crippen molar-refractivity contribution in [2.24, 2.45) is 0 Å². The molecule has 1 aromatic rings. The highest BCUT2D eigenvalue weighted by Crippen LogP contribution is 2.31. The molecule has 3 nitrogen and oxygen atoms in total. The van der Waals surface area contributed by atoms with Gasteiger partial charge in [-0.3, -0.25) is 0 Å². The van der Waals surface area contributed by atoms with Crippen molar-refractivity contribution in [1.82, 2.24) is 5.32 Å². The van der Waals surface area contributed by atoms with E-state index in [1.807, 2.05) is 0 Å². The Bertz CT molecular complexity index is 426. The Balaban J connectivity index is 2.02. The highest BCUT2D eigenvalue weighted by atomic mass is 35.5. The highest BCUT2D eigenvalue weighted by Gasteiger charge is 2.26. The zero-order chi connectivity index (χ0) is 13.1. The van der Waals surface area contributed by atoms with E-state index in [2.05, 4.69) is 5.32 Å². The smallest absolute Gasteiger partial charge is 0.138 e. The van der Waals surface area contributed by atoms with Crippen LogP contribution in [0.3, 0.4) is 0 Å². The Morgan fingerprint density at radius 3 is 2.89 bits per heavy atom. The van der Waals surface area contributed by atoms with Gasteiger partial charge < -0.3 is 15.2 Å². The molecule has 2 rings (SSSR count). The average Bonchev–Trinajstić information content (AvgIpc) is 2.79. The second-order valence-corrected chi connectivity index (χ2v) is 5.43. The molecule has 2 unspecified atom stereocenters. The summed E-state index contributed by atoms with van der Waals surface area (Å²) in [6.45, 7) is 0.538. The summed E-state index contributed by atoms with van der Waals surface area (Å²) in [4.78, 5) is 0. The van der Waals surface area contributed by atoms with Crippen molar-refractivity contribution in [3.63, 3.8) is 0 Å². The molecule has 0 radical (unpaired) electrons. The van der Waals surface area contributed by atoms with Gasteiger partial charge in [-0.15, -0.1) is 0 Å². The molecule has 1 aliphatic carbocycles. The van der Waals surface area contributed by atoms with Gasteiger partial charge in [-0.25, -0.2) is 0 Å². The first kappa shape index (κ1) is 13.9. The normalized spacial score (nSPS) is 23.5. The first-order valence-corrected chi connectivity index (χ1v) is 6.80. The van der Waals surface area contributed by atoms with Crippen LogP contribution in [-0.2, 0) is 11.3 Å². The van der Waals surface area contributed by atoms with Crippen LogP contribution in [0.5, 0.6) is 5.75 Å². The van der Waals surface area contributed by atoms with Gasteiger partial charge in [0.15, 0.2) is 0 Å². The second-order valence-electron chi connectivity index (χ2n) is 4.59. The van der Waals surface area contributed by atoms with Crippen molar-refractivity contribution < 1.29 is 9.84 Å². The fourth-order valence-corrected chi connectivity index (χ4v) is 2.97. The summed E-state index contributed by atoms with van der Waals surface area (Å²) in [5.41, 5.74) is 0.717. The summed E-state index contributed by atoms with van der Waals surface area (Å²) in [5.74, 6) is 0.0977.